The molecule has 1 saturated carbocycles. The number of Topliss-reactive ketones (excluding diaryl/α,β-unsaturated/α-hetero) is 1. The van der Waals surface area contributed by atoms with Crippen molar-refractivity contribution >= 4 is 5.78 Å². The van der Waals surface area contributed by atoms with Crippen LogP contribution in [0.1, 0.15) is 55.5 Å². The fourth-order valence-corrected chi connectivity index (χ4v) is 3.43. The summed E-state index contributed by atoms with van der Waals surface area (Å²) >= 11 is 0. The average molecular weight is 260 g/mol. The molecule has 0 aliphatic heterocycles. The van der Waals surface area contributed by atoms with E-state index in [2.05, 4.69) is 23.7 Å². The molecule has 0 N–H and O–H groups in total. The van der Waals surface area contributed by atoms with Gasteiger partial charge >= 0.3 is 0 Å². The number of carbonyl (C=O) groups excluding carboxylic acids is 1. The van der Waals surface area contributed by atoms with Crippen LogP contribution in [0, 0.1) is 6.92 Å². The molecule has 3 nitrogen and oxygen atoms in total. The second kappa shape index (κ2) is 5.83. The summed E-state index contributed by atoms with van der Waals surface area (Å²) in [7, 11) is 0. The third-order valence-electron chi connectivity index (χ3n) is 4.51. The molecule has 1 aromatic heterocycles. The van der Waals surface area contributed by atoms with E-state index in [-0.39, 0.29) is 11.3 Å². The quantitative estimate of drug-likeness (QED) is 0.762. The van der Waals surface area contributed by atoms with Crippen molar-refractivity contribution in [2.24, 2.45) is 0 Å². The molecule has 1 fully saturated rings. The molecule has 0 atom stereocenters. The SMILES string of the molecule is CCN(CC)C1(C(=O)c2cnccc2C)CCCC1. The molecule has 1 aliphatic rings. The first-order valence-electron chi connectivity index (χ1n) is 7.36. The molecule has 0 spiro atoms. The Morgan fingerprint density at radius 2 is 1.95 bits per heavy atom. The molecule has 104 valence electrons. The van der Waals surface area contributed by atoms with Crippen LogP contribution in [-0.2, 0) is 0 Å². The number of rotatable bonds is 5. The van der Waals surface area contributed by atoms with Crippen molar-refractivity contribution in [1.82, 2.24) is 9.88 Å². The predicted molar refractivity (Wildman–Crippen MR) is 77.4 cm³/mol. The van der Waals surface area contributed by atoms with Gasteiger partial charge in [-0.3, -0.25) is 14.7 Å². The second-order valence-corrected chi connectivity index (χ2v) is 5.43. The van der Waals surface area contributed by atoms with Crippen LogP contribution in [-0.4, -0.2) is 34.3 Å². The lowest BCUT2D eigenvalue weighted by Gasteiger charge is -2.39. The van der Waals surface area contributed by atoms with Crippen LogP contribution in [0.4, 0.5) is 0 Å². The third-order valence-corrected chi connectivity index (χ3v) is 4.51. The van der Waals surface area contributed by atoms with Crippen molar-refractivity contribution in [2.45, 2.75) is 52.0 Å². The molecule has 1 aromatic rings. The van der Waals surface area contributed by atoms with E-state index in [0.29, 0.717) is 0 Å². The zero-order valence-electron chi connectivity index (χ0n) is 12.3. The smallest absolute Gasteiger partial charge is 0.184 e. The van der Waals surface area contributed by atoms with E-state index in [1.54, 1.807) is 12.4 Å². The highest BCUT2D eigenvalue weighted by Gasteiger charge is 2.45. The van der Waals surface area contributed by atoms with Crippen molar-refractivity contribution in [3.05, 3.63) is 29.6 Å². The summed E-state index contributed by atoms with van der Waals surface area (Å²) in [6.07, 6.45) is 7.78. The van der Waals surface area contributed by atoms with E-state index in [1.807, 2.05) is 13.0 Å². The minimum Gasteiger partial charge on any atom is -0.292 e. The summed E-state index contributed by atoms with van der Waals surface area (Å²) in [5.41, 5.74) is 1.56. The van der Waals surface area contributed by atoms with Gasteiger partial charge in [0, 0.05) is 18.0 Å². The van der Waals surface area contributed by atoms with Gasteiger partial charge in [-0.1, -0.05) is 26.7 Å². The molecule has 0 bridgehead atoms. The van der Waals surface area contributed by atoms with Crippen molar-refractivity contribution in [2.75, 3.05) is 13.1 Å². The molecule has 3 heteroatoms. The molecule has 2 rings (SSSR count). The lowest BCUT2D eigenvalue weighted by Crippen LogP contribution is -2.52. The zero-order valence-corrected chi connectivity index (χ0v) is 12.3. The van der Waals surface area contributed by atoms with Crippen molar-refractivity contribution in [1.29, 1.82) is 0 Å². The van der Waals surface area contributed by atoms with Crippen LogP contribution in [0.15, 0.2) is 18.5 Å². The molecule has 0 aromatic carbocycles. The van der Waals surface area contributed by atoms with Crippen LogP contribution in [0.25, 0.3) is 0 Å². The number of hydrogen-bond donors (Lipinski definition) is 0. The largest absolute Gasteiger partial charge is 0.292 e. The topological polar surface area (TPSA) is 33.2 Å². The zero-order chi connectivity index (χ0) is 13.9. The minimum atomic E-state index is -0.280. The van der Waals surface area contributed by atoms with Gasteiger partial charge in [-0.25, -0.2) is 0 Å². The molecule has 1 heterocycles. The number of nitrogens with zero attached hydrogens (tertiary/aromatic N) is 2. The van der Waals surface area contributed by atoms with E-state index >= 15 is 0 Å². The van der Waals surface area contributed by atoms with Crippen LogP contribution >= 0.6 is 0 Å². The van der Waals surface area contributed by atoms with Gasteiger partial charge in [0.05, 0.1) is 5.54 Å². The molecule has 19 heavy (non-hydrogen) atoms. The number of carbonyl (C=O) groups is 1. The maximum absolute atomic E-state index is 13.1. The number of ketones is 1. The van der Waals surface area contributed by atoms with Gasteiger partial charge < -0.3 is 0 Å². The summed E-state index contributed by atoms with van der Waals surface area (Å²) in [5.74, 6) is 0.277. The Morgan fingerprint density at radius 1 is 1.32 bits per heavy atom. The minimum absolute atomic E-state index is 0.277. The molecule has 0 amide bonds. The molecule has 1 aliphatic carbocycles. The van der Waals surface area contributed by atoms with E-state index in [9.17, 15) is 4.79 Å². The van der Waals surface area contributed by atoms with E-state index < -0.39 is 0 Å². The number of hydrogen-bond acceptors (Lipinski definition) is 3. The Hall–Kier alpha value is -1.22. The van der Waals surface area contributed by atoms with Crippen LogP contribution in [0.5, 0.6) is 0 Å². The Kier molecular flexibility index (Phi) is 4.35. The first kappa shape index (κ1) is 14.2. The average Bonchev–Trinajstić information content (AvgIpc) is 2.90. The van der Waals surface area contributed by atoms with Gasteiger partial charge in [-0.15, -0.1) is 0 Å². The van der Waals surface area contributed by atoms with Crippen LogP contribution in [0.2, 0.25) is 0 Å². The summed E-state index contributed by atoms with van der Waals surface area (Å²) in [6, 6.07) is 1.93. The van der Waals surface area contributed by atoms with E-state index in [4.69, 9.17) is 0 Å². The van der Waals surface area contributed by atoms with E-state index in [1.165, 1.54) is 0 Å². The van der Waals surface area contributed by atoms with Crippen molar-refractivity contribution in [3.63, 3.8) is 0 Å². The van der Waals surface area contributed by atoms with Crippen molar-refractivity contribution in [3.8, 4) is 0 Å². The first-order valence-corrected chi connectivity index (χ1v) is 7.36. The Balaban J connectivity index is 2.40. The predicted octanol–water partition coefficient (Wildman–Crippen LogP) is 3.23. The highest BCUT2D eigenvalue weighted by Crippen LogP contribution is 2.38. The normalized spacial score (nSPS) is 17.9. The fourth-order valence-electron chi connectivity index (χ4n) is 3.43. The van der Waals surface area contributed by atoms with Gasteiger partial charge in [0.25, 0.3) is 0 Å². The number of pyridine rings is 1. The number of aromatic nitrogens is 1. The Labute approximate surface area is 116 Å². The first-order chi connectivity index (χ1) is 9.15. The lowest BCUT2D eigenvalue weighted by atomic mass is 9.85. The third kappa shape index (κ3) is 2.44. The van der Waals surface area contributed by atoms with Crippen LogP contribution < -0.4 is 0 Å². The van der Waals surface area contributed by atoms with Gasteiger partial charge in [-0.05, 0) is 44.5 Å². The number of aryl methyl sites for hydroxylation is 1. The highest BCUT2D eigenvalue weighted by atomic mass is 16.1. The van der Waals surface area contributed by atoms with E-state index in [0.717, 1.165) is 49.9 Å². The van der Waals surface area contributed by atoms with Gasteiger partial charge in [0.15, 0.2) is 5.78 Å². The van der Waals surface area contributed by atoms with Crippen LogP contribution in [0.3, 0.4) is 0 Å². The second-order valence-electron chi connectivity index (χ2n) is 5.43. The Bertz CT molecular complexity index is 446. The summed E-state index contributed by atoms with van der Waals surface area (Å²) in [5, 5.41) is 0. The molecular formula is C16H24N2O. The maximum atomic E-state index is 13.1. The summed E-state index contributed by atoms with van der Waals surface area (Å²) in [4.78, 5) is 19.6. The highest BCUT2D eigenvalue weighted by molar-refractivity contribution is 6.04. The molecule has 0 saturated heterocycles. The van der Waals surface area contributed by atoms with Gasteiger partial charge in [0.1, 0.15) is 0 Å². The monoisotopic (exact) mass is 260 g/mol. The Morgan fingerprint density at radius 3 is 2.47 bits per heavy atom. The summed E-state index contributed by atoms with van der Waals surface area (Å²) in [6.45, 7) is 8.16. The van der Waals surface area contributed by atoms with Gasteiger partial charge in [-0.2, -0.15) is 0 Å². The van der Waals surface area contributed by atoms with Gasteiger partial charge in [0.2, 0.25) is 0 Å². The molecule has 0 radical (unpaired) electrons. The molecular weight excluding hydrogens is 236 g/mol. The summed E-state index contributed by atoms with van der Waals surface area (Å²) < 4.78 is 0. The molecule has 0 unspecified atom stereocenters. The fraction of sp³-hybridized carbons (Fsp3) is 0.625. The standard InChI is InChI=1S/C16H24N2O/c1-4-18(5-2)16(9-6-7-10-16)15(19)14-12-17-11-8-13(14)3/h8,11-12H,4-7,9-10H2,1-3H3. The maximum Gasteiger partial charge on any atom is 0.184 e. The lowest BCUT2D eigenvalue weighted by molar-refractivity contribution is 0.0583. The van der Waals surface area contributed by atoms with Crippen molar-refractivity contribution < 1.29 is 4.79 Å². The number of likely N-dealkylation sites (N-methyl/N-ethyl adjacent to an activating group) is 1.